The standard InChI is InChI=1S/C15H23FN2O/c16-15-4-3-13(9-17)8-14(15)11-18-6-1-2-12(10-18)5-7-19/h3-4,8,12,19H,1-2,5-7,9-11,17H2. The molecule has 1 heterocycles. The highest BCUT2D eigenvalue weighted by molar-refractivity contribution is 5.25. The van der Waals surface area contributed by atoms with Crippen LogP contribution in [0.4, 0.5) is 4.39 Å². The molecule has 4 heteroatoms. The summed E-state index contributed by atoms with van der Waals surface area (Å²) in [5.41, 5.74) is 7.30. The molecule has 2 rings (SSSR count). The second kappa shape index (κ2) is 6.98. The quantitative estimate of drug-likeness (QED) is 0.855. The van der Waals surface area contributed by atoms with Gasteiger partial charge in [-0.15, -0.1) is 0 Å². The molecule has 1 aliphatic heterocycles. The van der Waals surface area contributed by atoms with E-state index in [4.69, 9.17) is 10.8 Å². The molecular weight excluding hydrogens is 243 g/mol. The molecule has 0 aliphatic carbocycles. The lowest BCUT2D eigenvalue weighted by Gasteiger charge is -2.32. The Bertz CT molecular complexity index is 409. The van der Waals surface area contributed by atoms with Gasteiger partial charge in [-0.05, 0) is 43.4 Å². The largest absolute Gasteiger partial charge is 0.396 e. The molecule has 0 radical (unpaired) electrons. The van der Waals surface area contributed by atoms with Gasteiger partial charge in [-0.25, -0.2) is 4.39 Å². The van der Waals surface area contributed by atoms with Crippen LogP contribution in [0.1, 0.15) is 30.4 Å². The third-order valence-electron chi connectivity index (χ3n) is 3.88. The number of nitrogens with two attached hydrogens (primary N) is 1. The number of hydrogen-bond acceptors (Lipinski definition) is 3. The van der Waals surface area contributed by atoms with Crippen molar-refractivity contribution in [2.45, 2.75) is 32.4 Å². The summed E-state index contributed by atoms with van der Waals surface area (Å²) in [7, 11) is 0. The van der Waals surface area contributed by atoms with Gasteiger partial charge in [-0.2, -0.15) is 0 Å². The van der Waals surface area contributed by atoms with Gasteiger partial charge in [-0.3, -0.25) is 4.90 Å². The molecule has 3 nitrogen and oxygen atoms in total. The van der Waals surface area contributed by atoms with E-state index in [-0.39, 0.29) is 12.4 Å². The van der Waals surface area contributed by atoms with Gasteiger partial charge in [0.2, 0.25) is 0 Å². The van der Waals surface area contributed by atoms with E-state index in [9.17, 15) is 4.39 Å². The van der Waals surface area contributed by atoms with Crippen LogP contribution in [0.25, 0.3) is 0 Å². The minimum absolute atomic E-state index is 0.151. The molecule has 0 saturated carbocycles. The highest BCUT2D eigenvalue weighted by Crippen LogP contribution is 2.22. The van der Waals surface area contributed by atoms with Gasteiger partial charge in [0.1, 0.15) is 5.82 Å². The van der Waals surface area contributed by atoms with Gasteiger partial charge in [0.15, 0.2) is 0 Å². The van der Waals surface area contributed by atoms with Crippen LogP contribution < -0.4 is 5.73 Å². The second-order valence-electron chi connectivity index (χ2n) is 5.39. The maximum atomic E-state index is 13.8. The smallest absolute Gasteiger partial charge is 0.127 e. The van der Waals surface area contributed by atoms with Crippen molar-refractivity contribution >= 4 is 0 Å². The summed E-state index contributed by atoms with van der Waals surface area (Å²) in [5, 5.41) is 9.01. The number of hydrogen-bond donors (Lipinski definition) is 2. The van der Waals surface area contributed by atoms with Crippen molar-refractivity contribution in [1.82, 2.24) is 4.90 Å². The maximum Gasteiger partial charge on any atom is 0.127 e. The van der Waals surface area contributed by atoms with Crippen molar-refractivity contribution in [3.63, 3.8) is 0 Å². The molecule has 106 valence electrons. The number of halogens is 1. The van der Waals surface area contributed by atoms with Crippen LogP contribution in [-0.4, -0.2) is 29.7 Å². The van der Waals surface area contributed by atoms with E-state index in [1.165, 1.54) is 12.5 Å². The summed E-state index contributed by atoms with van der Waals surface area (Å²) in [6.45, 7) is 3.29. The lowest BCUT2D eigenvalue weighted by Crippen LogP contribution is -2.35. The number of nitrogens with zero attached hydrogens (tertiary/aromatic N) is 1. The van der Waals surface area contributed by atoms with Gasteiger partial charge < -0.3 is 10.8 Å². The lowest BCUT2D eigenvalue weighted by molar-refractivity contribution is 0.141. The Morgan fingerprint density at radius 1 is 1.42 bits per heavy atom. The van der Waals surface area contributed by atoms with Crippen molar-refractivity contribution in [1.29, 1.82) is 0 Å². The van der Waals surface area contributed by atoms with Crippen molar-refractivity contribution in [3.8, 4) is 0 Å². The van der Waals surface area contributed by atoms with Crippen LogP contribution in [0, 0.1) is 11.7 Å². The number of likely N-dealkylation sites (tertiary alicyclic amines) is 1. The van der Waals surface area contributed by atoms with E-state index in [0.29, 0.717) is 19.0 Å². The molecule has 0 aromatic heterocycles. The first-order chi connectivity index (χ1) is 9.22. The van der Waals surface area contributed by atoms with Crippen LogP contribution >= 0.6 is 0 Å². The summed E-state index contributed by atoms with van der Waals surface area (Å²) in [5.74, 6) is 0.390. The van der Waals surface area contributed by atoms with Crippen molar-refractivity contribution in [2.24, 2.45) is 11.7 Å². The Hall–Kier alpha value is -0.970. The monoisotopic (exact) mass is 266 g/mol. The molecule has 1 fully saturated rings. The zero-order valence-electron chi connectivity index (χ0n) is 11.3. The Morgan fingerprint density at radius 3 is 3.00 bits per heavy atom. The number of aliphatic hydroxyl groups is 1. The van der Waals surface area contributed by atoms with Crippen LogP contribution in [0.2, 0.25) is 0 Å². The Labute approximate surface area is 114 Å². The number of piperidine rings is 1. The van der Waals surface area contributed by atoms with Crippen LogP contribution in [0.5, 0.6) is 0 Å². The number of benzene rings is 1. The Kier molecular flexibility index (Phi) is 5.31. The van der Waals surface area contributed by atoms with Crippen LogP contribution in [0.15, 0.2) is 18.2 Å². The highest BCUT2D eigenvalue weighted by atomic mass is 19.1. The normalized spacial score (nSPS) is 20.7. The Balaban J connectivity index is 2.00. The van der Waals surface area contributed by atoms with E-state index in [0.717, 1.165) is 37.1 Å². The SMILES string of the molecule is NCc1ccc(F)c(CN2CCCC(CCO)C2)c1. The molecule has 0 amide bonds. The number of rotatable bonds is 5. The molecule has 0 bridgehead atoms. The van der Waals surface area contributed by atoms with E-state index >= 15 is 0 Å². The van der Waals surface area contributed by atoms with Crippen LogP contribution in [0.3, 0.4) is 0 Å². The van der Waals surface area contributed by atoms with Crippen LogP contribution in [-0.2, 0) is 13.1 Å². The van der Waals surface area contributed by atoms with E-state index in [2.05, 4.69) is 4.90 Å². The van der Waals surface area contributed by atoms with E-state index in [1.807, 2.05) is 6.07 Å². The van der Waals surface area contributed by atoms with Crippen molar-refractivity contribution in [3.05, 3.63) is 35.1 Å². The first-order valence-electron chi connectivity index (χ1n) is 7.03. The lowest BCUT2D eigenvalue weighted by atomic mass is 9.94. The zero-order chi connectivity index (χ0) is 13.7. The first kappa shape index (κ1) is 14.4. The number of aliphatic hydroxyl groups excluding tert-OH is 1. The van der Waals surface area contributed by atoms with Crippen molar-refractivity contribution < 1.29 is 9.50 Å². The topological polar surface area (TPSA) is 49.5 Å². The maximum absolute atomic E-state index is 13.8. The van der Waals surface area contributed by atoms with Gasteiger partial charge in [-0.1, -0.05) is 12.1 Å². The molecule has 1 unspecified atom stereocenters. The molecule has 1 aromatic carbocycles. The second-order valence-corrected chi connectivity index (χ2v) is 5.39. The van der Waals surface area contributed by atoms with Gasteiger partial charge in [0.05, 0.1) is 0 Å². The zero-order valence-corrected chi connectivity index (χ0v) is 11.3. The molecule has 0 spiro atoms. The predicted octanol–water partition coefficient (Wildman–Crippen LogP) is 1.88. The summed E-state index contributed by atoms with van der Waals surface area (Å²) in [6.07, 6.45) is 3.15. The molecule has 1 aromatic rings. The summed E-state index contributed by atoms with van der Waals surface area (Å²) < 4.78 is 13.8. The molecule has 1 atom stereocenters. The predicted molar refractivity (Wildman–Crippen MR) is 74.0 cm³/mol. The fourth-order valence-corrected chi connectivity index (χ4v) is 2.83. The van der Waals surface area contributed by atoms with Gasteiger partial charge in [0, 0.05) is 31.8 Å². The minimum Gasteiger partial charge on any atom is -0.396 e. The van der Waals surface area contributed by atoms with E-state index < -0.39 is 0 Å². The average molecular weight is 266 g/mol. The third kappa shape index (κ3) is 4.00. The minimum atomic E-state index is -0.151. The van der Waals surface area contributed by atoms with Gasteiger partial charge >= 0.3 is 0 Å². The Morgan fingerprint density at radius 2 is 2.26 bits per heavy atom. The molecule has 1 aliphatic rings. The first-order valence-corrected chi connectivity index (χ1v) is 7.03. The van der Waals surface area contributed by atoms with Gasteiger partial charge in [0.25, 0.3) is 0 Å². The van der Waals surface area contributed by atoms with E-state index in [1.54, 1.807) is 6.07 Å². The fraction of sp³-hybridized carbons (Fsp3) is 0.600. The molecule has 19 heavy (non-hydrogen) atoms. The molecule has 1 saturated heterocycles. The fourth-order valence-electron chi connectivity index (χ4n) is 2.83. The average Bonchev–Trinajstić information content (AvgIpc) is 2.42. The summed E-state index contributed by atoms with van der Waals surface area (Å²) in [4.78, 5) is 2.28. The summed E-state index contributed by atoms with van der Waals surface area (Å²) >= 11 is 0. The highest BCUT2D eigenvalue weighted by Gasteiger charge is 2.20. The van der Waals surface area contributed by atoms with Crippen molar-refractivity contribution in [2.75, 3.05) is 19.7 Å². The summed E-state index contributed by atoms with van der Waals surface area (Å²) in [6, 6.07) is 5.11. The third-order valence-corrected chi connectivity index (χ3v) is 3.88. The molecular formula is C15H23FN2O. The molecule has 3 N–H and O–H groups in total.